The lowest BCUT2D eigenvalue weighted by Gasteiger charge is -2.22. The molecule has 1 fully saturated rings. The molecule has 0 aliphatic heterocycles. The highest BCUT2D eigenvalue weighted by Gasteiger charge is 2.31. The fraction of sp³-hybridized carbons (Fsp3) is 0.500. The molecular weight excluding hydrogens is 320 g/mol. The van der Waals surface area contributed by atoms with Gasteiger partial charge in [0.25, 0.3) is 0 Å². The van der Waals surface area contributed by atoms with Crippen LogP contribution in [-0.4, -0.2) is 33.4 Å². The molecule has 0 bridgehead atoms. The lowest BCUT2D eigenvalue weighted by Crippen LogP contribution is -2.45. The third kappa shape index (κ3) is 4.79. The van der Waals surface area contributed by atoms with Crippen molar-refractivity contribution in [3.63, 3.8) is 0 Å². The largest absolute Gasteiger partial charge is 0.388 e. The Hall–Kier alpha value is -2.41. The third-order valence-corrected chi connectivity index (χ3v) is 4.53. The number of nitrogens with one attached hydrogen (secondary N) is 2. The standard InChI is InChI=1S/C18H24N4O3/c1-13(20-17(23)19-12-18(24)9-5-6-10-18)16-21-15(25-22-16)11-14-7-3-2-4-8-14/h2-4,7-8,13,24H,5-6,9-12H2,1H3,(H2,19,20,23). The van der Waals surface area contributed by atoms with E-state index in [0.29, 0.717) is 18.1 Å². The van der Waals surface area contributed by atoms with E-state index in [2.05, 4.69) is 20.8 Å². The van der Waals surface area contributed by atoms with Crippen molar-refractivity contribution in [2.24, 2.45) is 0 Å². The molecule has 1 aliphatic rings. The van der Waals surface area contributed by atoms with Gasteiger partial charge in [-0.2, -0.15) is 4.98 Å². The van der Waals surface area contributed by atoms with E-state index in [0.717, 1.165) is 31.2 Å². The van der Waals surface area contributed by atoms with Gasteiger partial charge in [0.2, 0.25) is 5.89 Å². The first kappa shape index (κ1) is 17.4. The number of carbonyl (C=O) groups is 1. The average molecular weight is 344 g/mol. The number of carbonyl (C=O) groups excluding carboxylic acids is 1. The quantitative estimate of drug-likeness (QED) is 0.747. The molecule has 1 aromatic heterocycles. The first-order valence-electron chi connectivity index (χ1n) is 8.67. The van der Waals surface area contributed by atoms with Gasteiger partial charge < -0.3 is 20.3 Å². The van der Waals surface area contributed by atoms with Crippen molar-refractivity contribution in [3.05, 3.63) is 47.6 Å². The molecule has 1 aliphatic carbocycles. The molecule has 0 spiro atoms. The van der Waals surface area contributed by atoms with E-state index in [-0.39, 0.29) is 18.6 Å². The maximum absolute atomic E-state index is 12.0. The van der Waals surface area contributed by atoms with Crippen LogP contribution in [0.5, 0.6) is 0 Å². The van der Waals surface area contributed by atoms with Crippen LogP contribution >= 0.6 is 0 Å². The summed E-state index contributed by atoms with van der Waals surface area (Å²) in [6.07, 6.45) is 4.03. The number of aromatic nitrogens is 2. The molecule has 7 nitrogen and oxygen atoms in total. The van der Waals surface area contributed by atoms with E-state index >= 15 is 0 Å². The van der Waals surface area contributed by atoms with Crippen molar-refractivity contribution in [3.8, 4) is 0 Å². The Labute approximate surface area is 146 Å². The van der Waals surface area contributed by atoms with E-state index in [1.54, 1.807) is 6.92 Å². The summed E-state index contributed by atoms with van der Waals surface area (Å²) in [6.45, 7) is 2.05. The summed E-state index contributed by atoms with van der Waals surface area (Å²) in [4.78, 5) is 16.3. The summed E-state index contributed by atoms with van der Waals surface area (Å²) < 4.78 is 5.26. The zero-order chi connectivity index (χ0) is 17.7. The summed E-state index contributed by atoms with van der Waals surface area (Å²) in [6, 6.07) is 9.13. The van der Waals surface area contributed by atoms with Gasteiger partial charge in [0.15, 0.2) is 5.82 Å². The Morgan fingerprint density at radius 3 is 2.76 bits per heavy atom. The van der Waals surface area contributed by atoms with Crippen LogP contribution in [0.1, 0.15) is 55.9 Å². The van der Waals surface area contributed by atoms with Crippen LogP contribution in [0.2, 0.25) is 0 Å². The molecule has 1 unspecified atom stereocenters. The maximum atomic E-state index is 12.0. The molecular formula is C18H24N4O3. The van der Waals surface area contributed by atoms with Gasteiger partial charge >= 0.3 is 6.03 Å². The normalized spacial score (nSPS) is 17.2. The number of hydrogen-bond donors (Lipinski definition) is 3. The van der Waals surface area contributed by atoms with E-state index in [1.165, 1.54) is 0 Å². The smallest absolute Gasteiger partial charge is 0.315 e. The number of nitrogens with zero attached hydrogens (tertiary/aromatic N) is 2. The predicted molar refractivity (Wildman–Crippen MR) is 91.9 cm³/mol. The van der Waals surface area contributed by atoms with Crippen LogP contribution in [0.25, 0.3) is 0 Å². The number of benzene rings is 1. The third-order valence-electron chi connectivity index (χ3n) is 4.53. The van der Waals surface area contributed by atoms with E-state index in [4.69, 9.17) is 4.52 Å². The second-order valence-electron chi connectivity index (χ2n) is 6.69. The van der Waals surface area contributed by atoms with Crippen LogP contribution in [0.4, 0.5) is 4.79 Å². The molecule has 2 aromatic rings. The van der Waals surface area contributed by atoms with Gasteiger partial charge in [0.1, 0.15) is 0 Å². The van der Waals surface area contributed by atoms with Crippen molar-refractivity contribution >= 4 is 6.03 Å². The number of rotatable bonds is 6. The van der Waals surface area contributed by atoms with Crippen molar-refractivity contribution in [1.29, 1.82) is 0 Å². The Bertz CT molecular complexity index is 695. The van der Waals surface area contributed by atoms with E-state index in [1.807, 2.05) is 30.3 Å². The summed E-state index contributed by atoms with van der Waals surface area (Å²) in [5.74, 6) is 0.941. The number of amides is 2. The van der Waals surface area contributed by atoms with Crippen LogP contribution in [0, 0.1) is 0 Å². The van der Waals surface area contributed by atoms with Crippen LogP contribution in [-0.2, 0) is 6.42 Å². The van der Waals surface area contributed by atoms with Gasteiger partial charge in [-0.05, 0) is 25.3 Å². The summed E-state index contributed by atoms with van der Waals surface area (Å²) in [7, 11) is 0. The lowest BCUT2D eigenvalue weighted by atomic mass is 10.0. The molecule has 3 rings (SSSR count). The molecule has 25 heavy (non-hydrogen) atoms. The Kier molecular flexibility index (Phi) is 5.33. The van der Waals surface area contributed by atoms with Gasteiger partial charge in [0, 0.05) is 6.54 Å². The Balaban J connectivity index is 1.49. The Morgan fingerprint density at radius 1 is 1.32 bits per heavy atom. The minimum atomic E-state index is -0.768. The zero-order valence-corrected chi connectivity index (χ0v) is 14.4. The lowest BCUT2D eigenvalue weighted by molar-refractivity contribution is 0.0500. The summed E-state index contributed by atoms with van der Waals surface area (Å²) in [5, 5.41) is 19.7. The van der Waals surface area contributed by atoms with Crippen LogP contribution < -0.4 is 10.6 Å². The second kappa shape index (κ2) is 7.65. The molecule has 1 aromatic carbocycles. The number of hydrogen-bond acceptors (Lipinski definition) is 5. The fourth-order valence-electron chi connectivity index (χ4n) is 3.05. The maximum Gasteiger partial charge on any atom is 0.315 e. The minimum absolute atomic E-state index is 0.261. The first-order chi connectivity index (χ1) is 12.0. The van der Waals surface area contributed by atoms with E-state index < -0.39 is 5.60 Å². The van der Waals surface area contributed by atoms with Gasteiger partial charge in [-0.3, -0.25) is 0 Å². The Morgan fingerprint density at radius 2 is 2.04 bits per heavy atom. The molecule has 1 saturated carbocycles. The van der Waals surface area contributed by atoms with Gasteiger partial charge in [0.05, 0.1) is 18.1 Å². The molecule has 0 saturated heterocycles. The molecule has 1 atom stereocenters. The minimum Gasteiger partial charge on any atom is -0.388 e. The number of aliphatic hydroxyl groups is 1. The first-order valence-corrected chi connectivity index (χ1v) is 8.67. The molecule has 2 amide bonds. The molecule has 7 heteroatoms. The topological polar surface area (TPSA) is 100 Å². The van der Waals surface area contributed by atoms with Gasteiger partial charge in [-0.15, -0.1) is 0 Å². The van der Waals surface area contributed by atoms with Gasteiger partial charge in [-0.1, -0.05) is 48.3 Å². The molecule has 3 N–H and O–H groups in total. The van der Waals surface area contributed by atoms with Crippen LogP contribution in [0.15, 0.2) is 34.9 Å². The van der Waals surface area contributed by atoms with Crippen LogP contribution in [0.3, 0.4) is 0 Å². The van der Waals surface area contributed by atoms with Gasteiger partial charge in [-0.25, -0.2) is 4.79 Å². The number of urea groups is 1. The highest BCUT2D eigenvalue weighted by molar-refractivity contribution is 5.74. The SMILES string of the molecule is CC(NC(=O)NCC1(O)CCCC1)c1noc(Cc2ccccc2)n1. The summed E-state index contributed by atoms with van der Waals surface area (Å²) >= 11 is 0. The zero-order valence-electron chi connectivity index (χ0n) is 14.4. The van der Waals surface area contributed by atoms with Crippen molar-refractivity contribution < 1.29 is 14.4 Å². The van der Waals surface area contributed by atoms with Crippen molar-refractivity contribution in [1.82, 2.24) is 20.8 Å². The van der Waals surface area contributed by atoms with Crippen molar-refractivity contribution in [2.75, 3.05) is 6.54 Å². The molecule has 134 valence electrons. The highest BCUT2D eigenvalue weighted by atomic mass is 16.5. The van der Waals surface area contributed by atoms with Crippen molar-refractivity contribution in [2.45, 2.75) is 50.7 Å². The predicted octanol–water partition coefficient (Wildman–Crippen LogP) is 2.33. The highest BCUT2D eigenvalue weighted by Crippen LogP contribution is 2.28. The molecule has 0 radical (unpaired) electrons. The molecule has 1 heterocycles. The summed E-state index contributed by atoms with van der Waals surface area (Å²) in [5.41, 5.74) is 0.316. The monoisotopic (exact) mass is 344 g/mol. The van der Waals surface area contributed by atoms with E-state index in [9.17, 15) is 9.90 Å². The fourth-order valence-corrected chi connectivity index (χ4v) is 3.05. The second-order valence-corrected chi connectivity index (χ2v) is 6.69. The average Bonchev–Trinajstić information content (AvgIpc) is 3.24.